The average Bonchev–Trinajstić information content (AvgIpc) is 2.78. The van der Waals surface area contributed by atoms with Crippen molar-refractivity contribution in [3.8, 4) is 0 Å². The Kier molecular flexibility index (Phi) is 7.36. The number of hydrogen-bond donors (Lipinski definition) is 1. The molecule has 32 heavy (non-hydrogen) atoms. The van der Waals surface area contributed by atoms with E-state index >= 15 is 0 Å². The first-order chi connectivity index (χ1) is 15.2. The summed E-state index contributed by atoms with van der Waals surface area (Å²) in [7, 11) is -3.92. The third kappa shape index (κ3) is 5.56. The molecule has 0 bridgehead atoms. The van der Waals surface area contributed by atoms with Gasteiger partial charge in [0.25, 0.3) is 10.0 Å². The molecule has 0 fully saturated rings. The first-order valence-corrected chi connectivity index (χ1v) is 12.2. The Morgan fingerprint density at radius 1 is 0.844 bits per heavy atom. The largest absolute Gasteiger partial charge is 0.348 e. The third-order valence-corrected chi connectivity index (χ3v) is 7.21. The van der Waals surface area contributed by atoms with Gasteiger partial charge in [-0.2, -0.15) is 0 Å². The van der Waals surface area contributed by atoms with Gasteiger partial charge in [0.15, 0.2) is 0 Å². The highest BCUT2D eigenvalue weighted by Gasteiger charge is 2.27. The normalized spacial score (nSPS) is 12.4. The van der Waals surface area contributed by atoms with Crippen LogP contribution in [0, 0.1) is 6.92 Å². The fourth-order valence-corrected chi connectivity index (χ4v) is 4.86. The van der Waals surface area contributed by atoms with Crippen molar-refractivity contribution in [1.29, 1.82) is 0 Å². The molecule has 0 aliphatic rings. The van der Waals surface area contributed by atoms with Crippen LogP contribution in [0.2, 0.25) is 0 Å². The van der Waals surface area contributed by atoms with E-state index in [1.54, 1.807) is 30.3 Å². The topological polar surface area (TPSA) is 66.5 Å². The molecule has 3 aromatic carbocycles. The number of benzene rings is 3. The molecule has 0 saturated heterocycles. The van der Waals surface area contributed by atoms with Crippen LogP contribution in [0.1, 0.15) is 49.4 Å². The second kappa shape index (κ2) is 10.0. The number of hydrogen-bond acceptors (Lipinski definition) is 3. The van der Waals surface area contributed by atoms with E-state index in [0.29, 0.717) is 11.6 Å². The van der Waals surface area contributed by atoms with Gasteiger partial charge in [-0.3, -0.25) is 9.10 Å². The minimum atomic E-state index is -3.92. The van der Waals surface area contributed by atoms with E-state index in [-0.39, 0.29) is 23.4 Å². The molecule has 0 heterocycles. The van der Waals surface area contributed by atoms with Crippen molar-refractivity contribution in [1.82, 2.24) is 5.32 Å². The van der Waals surface area contributed by atoms with E-state index in [2.05, 4.69) is 19.2 Å². The third-order valence-electron chi connectivity index (χ3n) is 5.42. The summed E-state index contributed by atoms with van der Waals surface area (Å²) in [6.45, 7) is 7.73. The molecule has 3 aromatic rings. The number of anilines is 1. The smallest absolute Gasteiger partial charge is 0.264 e. The highest BCUT2D eigenvalue weighted by molar-refractivity contribution is 7.92. The van der Waals surface area contributed by atoms with Crippen molar-refractivity contribution in [3.05, 3.63) is 95.6 Å². The van der Waals surface area contributed by atoms with Crippen molar-refractivity contribution in [2.75, 3.05) is 10.8 Å². The molecular weight excluding hydrogens is 420 g/mol. The molecule has 0 aliphatic heterocycles. The Morgan fingerprint density at radius 3 is 1.97 bits per heavy atom. The molecule has 1 amide bonds. The minimum absolute atomic E-state index is 0.146. The van der Waals surface area contributed by atoms with Crippen LogP contribution in [0.15, 0.2) is 83.8 Å². The van der Waals surface area contributed by atoms with Gasteiger partial charge in [0.2, 0.25) is 5.91 Å². The summed E-state index contributed by atoms with van der Waals surface area (Å²) in [6.07, 6.45) is 0. The van der Waals surface area contributed by atoms with Gasteiger partial charge in [0.05, 0.1) is 16.6 Å². The number of rotatable bonds is 8. The second-order valence-electron chi connectivity index (χ2n) is 8.27. The number of carbonyl (C=O) groups excluding carboxylic acids is 1. The van der Waals surface area contributed by atoms with Gasteiger partial charge in [-0.1, -0.05) is 74.0 Å². The maximum Gasteiger partial charge on any atom is 0.264 e. The lowest BCUT2D eigenvalue weighted by Gasteiger charge is -2.25. The van der Waals surface area contributed by atoms with Crippen molar-refractivity contribution in [2.45, 2.75) is 44.6 Å². The van der Waals surface area contributed by atoms with E-state index in [1.165, 1.54) is 16.4 Å². The van der Waals surface area contributed by atoms with Gasteiger partial charge in [-0.25, -0.2) is 8.42 Å². The number of sulfonamides is 1. The molecule has 0 spiro atoms. The summed E-state index contributed by atoms with van der Waals surface area (Å²) in [5.74, 6) is -0.0487. The minimum Gasteiger partial charge on any atom is -0.348 e. The maximum absolute atomic E-state index is 13.4. The number of aryl methyl sites for hydroxylation is 1. The Bertz CT molecular complexity index is 1140. The van der Waals surface area contributed by atoms with Crippen molar-refractivity contribution in [3.63, 3.8) is 0 Å². The zero-order valence-corrected chi connectivity index (χ0v) is 19.8. The zero-order valence-electron chi connectivity index (χ0n) is 18.9. The standard InChI is InChI=1S/C26H30N2O3S/c1-19(2)22-14-16-24(17-15-22)28(32(30,31)25-8-6-5-7-9-25)18-26(29)27-21(4)23-12-10-20(3)11-13-23/h5-17,19,21H,18H2,1-4H3,(H,27,29). The molecule has 1 unspecified atom stereocenters. The van der Waals surface area contributed by atoms with Crippen LogP contribution in [0.5, 0.6) is 0 Å². The first-order valence-electron chi connectivity index (χ1n) is 10.7. The van der Waals surface area contributed by atoms with Gasteiger partial charge >= 0.3 is 0 Å². The quantitative estimate of drug-likeness (QED) is 0.513. The second-order valence-corrected chi connectivity index (χ2v) is 10.1. The van der Waals surface area contributed by atoms with E-state index < -0.39 is 10.0 Å². The van der Waals surface area contributed by atoms with Gasteiger partial charge in [-0.15, -0.1) is 0 Å². The van der Waals surface area contributed by atoms with Gasteiger partial charge in [0.1, 0.15) is 6.54 Å². The summed E-state index contributed by atoms with van der Waals surface area (Å²) in [5, 5.41) is 2.92. The van der Waals surface area contributed by atoms with Crippen LogP contribution in [0.4, 0.5) is 5.69 Å². The Morgan fingerprint density at radius 2 is 1.41 bits per heavy atom. The van der Waals surface area contributed by atoms with E-state index in [4.69, 9.17) is 0 Å². The Balaban J connectivity index is 1.88. The SMILES string of the molecule is Cc1ccc(C(C)NC(=O)CN(c2ccc(C(C)C)cc2)S(=O)(=O)c2ccccc2)cc1. The first kappa shape index (κ1) is 23.5. The molecule has 0 saturated carbocycles. The lowest BCUT2D eigenvalue weighted by molar-refractivity contribution is -0.120. The monoisotopic (exact) mass is 450 g/mol. The molecular formula is C26H30N2O3S. The number of carbonyl (C=O) groups is 1. The number of nitrogens with one attached hydrogen (secondary N) is 1. The highest BCUT2D eigenvalue weighted by Crippen LogP contribution is 2.26. The molecule has 6 heteroatoms. The molecule has 1 atom stereocenters. The molecule has 5 nitrogen and oxygen atoms in total. The summed E-state index contributed by atoms with van der Waals surface area (Å²) >= 11 is 0. The van der Waals surface area contributed by atoms with E-state index in [9.17, 15) is 13.2 Å². The predicted octanol–water partition coefficient (Wildman–Crippen LogP) is 5.19. The molecule has 1 N–H and O–H groups in total. The molecule has 0 aromatic heterocycles. The van der Waals surface area contributed by atoms with Crippen LogP contribution in [0.25, 0.3) is 0 Å². The average molecular weight is 451 g/mol. The maximum atomic E-state index is 13.4. The predicted molar refractivity (Wildman–Crippen MR) is 129 cm³/mol. The number of amides is 1. The fourth-order valence-electron chi connectivity index (χ4n) is 3.42. The van der Waals surface area contributed by atoms with Crippen molar-refractivity contribution in [2.24, 2.45) is 0 Å². The van der Waals surface area contributed by atoms with Gasteiger partial charge < -0.3 is 5.32 Å². The van der Waals surface area contributed by atoms with Crippen molar-refractivity contribution >= 4 is 21.6 Å². The lowest BCUT2D eigenvalue weighted by Crippen LogP contribution is -2.41. The highest BCUT2D eigenvalue weighted by atomic mass is 32.2. The van der Waals surface area contributed by atoms with Gasteiger partial charge in [0, 0.05) is 0 Å². The van der Waals surface area contributed by atoms with Crippen LogP contribution in [-0.4, -0.2) is 20.9 Å². The van der Waals surface area contributed by atoms with Crippen LogP contribution in [-0.2, 0) is 14.8 Å². The Hall–Kier alpha value is -3.12. The van der Waals surface area contributed by atoms with Crippen LogP contribution < -0.4 is 9.62 Å². The van der Waals surface area contributed by atoms with Crippen LogP contribution >= 0.6 is 0 Å². The summed E-state index contributed by atoms with van der Waals surface area (Å²) in [6, 6.07) is 23.2. The zero-order chi connectivity index (χ0) is 23.3. The molecule has 168 valence electrons. The summed E-state index contributed by atoms with van der Waals surface area (Å²) in [4.78, 5) is 13.1. The fraction of sp³-hybridized carbons (Fsp3) is 0.269. The van der Waals surface area contributed by atoms with E-state index in [0.717, 1.165) is 16.7 Å². The molecule has 3 rings (SSSR count). The van der Waals surface area contributed by atoms with E-state index in [1.807, 2.05) is 50.2 Å². The summed E-state index contributed by atoms with van der Waals surface area (Å²) in [5.41, 5.74) is 3.65. The summed E-state index contributed by atoms with van der Waals surface area (Å²) < 4.78 is 28.0. The lowest BCUT2D eigenvalue weighted by atomic mass is 10.0. The van der Waals surface area contributed by atoms with Gasteiger partial charge in [-0.05, 0) is 55.2 Å². The molecule has 0 radical (unpaired) electrons. The Labute approximate surface area is 191 Å². The van der Waals surface area contributed by atoms with Crippen molar-refractivity contribution < 1.29 is 13.2 Å². The van der Waals surface area contributed by atoms with Crippen LogP contribution in [0.3, 0.4) is 0 Å². The molecule has 0 aliphatic carbocycles. The number of nitrogens with zero attached hydrogens (tertiary/aromatic N) is 1.